The van der Waals surface area contributed by atoms with Crippen molar-refractivity contribution < 1.29 is 4.39 Å². The molecule has 18 heavy (non-hydrogen) atoms. The molecule has 0 aliphatic rings. The molecule has 0 bridgehead atoms. The van der Waals surface area contributed by atoms with Gasteiger partial charge in [-0.1, -0.05) is 23.5 Å². The van der Waals surface area contributed by atoms with Crippen molar-refractivity contribution in [3.8, 4) is 0 Å². The van der Waals surface area contributed by atoms with E-state index in [0.29, 0.717) is 4.47 Å². The molecule has 3 aromatic rings. The fourth-order valence-electron chi connectivity index (χ4n) is 1.62. The van der Waals surface area contributed by atoms with E-state index in [1.165, 1.54) is 6.07 Å². The van der Waals surface area contributed by atoms with E-state index >= 15 is 0 Å². The summed E-state index contributed by atoms with van der Waals surface area (Å²) in [6.07, 6.45) is 0. The summed E-state index contributed by atoms with van der Waals surface area (Å²) in [5.74, 6) is -0.273. The lowest BCUT2D eigenvalue weighted by Gasteiger charge is -2.03. The SMILES string of the molecule is Fc1ccc(Nc2nc3ccccc3s2)cc1Br. The van der Waals surface area contributed by atoms with Crippen molar-refractivity contribution in [2.75, 3.05) is 5.32 Å². The Balaban J connectivity index is 1.93. The Morgan fingerprint density at radius 2 is 2.00 bits per heavy atom. The Morgan fingerprint density at radius 1 is 1.17 bits per heavy atom. The summed E-state index contributed by atoms with van der Waals surface area (Å²) in [5.41, 5.74) is 1.77. The van der Waals surface area contributed by atoms with Crippen LogP contribution in [-0.2, 0) is 0 Å². The number of halogens is 2. The highest BCUT2D eigenvalue weighted by Crippen LogP contribution is 2.29. The second-order valence-electron chi connectivity index (χ2n) is 3.74. The minimum absolute atomic E-state index is 0.273. The van der Waals surface area contributed by atoms with Gasteiger partial charge in [0.15, 0.2) is 5.13 Å². The number of nitrogens with zero attached hydrogens (tertiary/aromatic N) is 1. The third-order valence-corrected chi connectivity index (χ3v) is 4.02. The van der Waals surface area contributed by atoms with Crippen LogP contribution in [0, 0.1) is 5.82 Å². The first kappa shape index (κ1) is 11.6. The predicted octanol–water partition coefficient (Wildman–Crippen LogP) is 4.94. The van der Waals surface area contributed by atoms with Gasteiger partial charge in [0.1, 0.15) is 5.82 Å². The van der Waals surface area contributed by atoms with Crippen LogP contribution in [0.4, 0.5) is 15.2 Å². The molecule has 0 unspecified atom stereocenters. The third-order valence-electron chi connectivity index (χ3n) is 2.46. The molecule has 2 nitrogen and oxygen atoms in total. The number of anilines is 2. The van der Waals surface area contributed by atoms with Crippen molar-refractivity contribution >= 4 is 48.3 Å². The monoisotopic (exact) mass is 322 g/mol. The molecular weight excluding hydrogens is 315 g/mol. The summed E-state index contributed by atoms with van der Waals surface area (Å²) in [5, 5.41) is 3.97. The highest BCUT2D eigenvalue weighted by Gasteiger charge is 2.05. The first-order valence-electron chi connectivity index (χ1n) is 5.30. The lowest BCUT2D eigenvalue weighted by Crippen LogP contribution is -1.89. The summed E-state index contributed by atoms with van der Waals surface area (Å²) in [6, 6.07) is 12.7. The fourth-order valence-corrected chi connectivity index (χ4v) is 2.89. The molecule has 0 atom stereocenters. The van der Waals surface area contributed by atoms with Gasteiger partial charge in [-0.25, -0.2) is 9.37 Å². The smallest absolute Gasteiger partial charge is 0.188 e. The molecule has 0 saturated carbocycles. The summed E-state index contributed by atoms with van der Waals surface area (Å²) >= 11 is 4.73. The molecule has 0 aliphatic carbocycles. The highest BCUT2D eigenvalue weighted by atomic mass is 79.9. The molecule has 1 aromatic heterocycles. The largest absolute Gasteiger partial charge is 0.331 e. The van der Waals surface area contributed by atoms with Crippen LogP contribution < -0.4 is 5.32 Å². The number of aromatic nitrogens is 1. The average molecular weight is 323 g/mol. The van der Waals surface area contributed by atoms with E-state index in [0.717, 1.165) is 21.0 Å². The van der Waals surface area contributed by atoms with Gasteiger partial charge in [-0.3, -0.25) is 0 Å². The van der Waals surface area contributed by atoms with Crippen LogP contribution in [-0.4, -0.2) is 4.98 Å². The van der Waals surface area contributed by atoms with Crippen LogP contribution in [0.5, 0.6) is 0 Å². The fraction of sp³-hybridized carbons (Fsp3) is 0. The molecule has 0 radical (unpaired) electrons. The van der Waals surface area contributed by atoms with Crippen LogP contribution in [0.2, 0.25) is 0 Å². The van der Waals surface area contributed by atoms with Gasteiger partial charge >= 0.3 is 0 Å². The average Bonchev–Trinajstić information content (AvgIpc) is 2.76. The summed E-state index contributed by atoms with van der Waals surface area (Å²) in [4.78, 5) is 4.46. The van der Waals surface area contributed by atoms with Gasteiger partial charge in [0.05, 0.1) is 14.7 Å². The zero-order chi connectivity index (χ0) is 12.5. The van der Waals surface area contributed by atoms with Gasteiger partial charge in [0.2, 0.25) is 0 Å². The van der Waals surface area contributed by atoms with E-state index < -0.39 is 0 Å². The van der Waals surface area contributed by atoms with Gasteiger partial charge in [-0.2, -0.15) is 0 Å². The Labute approximate surface area is 116 Å². The zero-order valence-electron chi connectivity index (χ0n) is 9.15. The van der Waals surface area contributed by atoms with Gasteiger partial charge < -0.3 is 5.32 Å². The minimum atomic E-state index is -0.273. The molecule has 3 rings (SSSR count). The summed E-state index contributed by atoms with van der Waals surface area (Å²) in [7, 11) is 0. The maximum absolute atomic E-state index is 13.1. The van der Waals surface area contributed by atoms with Crippen molar-refractivity contribution in [2.24, 2.45) is 0 Å². The Hall–Kier alpha value is -1.46. The van der Waals surface area contributed by atoms with Crippen molar-refractivity contribution in [2.45, 2.75) is 0 Å². The van der Waals surface area contributed by atoms with Crippen LogP contribution in [0.3, 0.4) is 0 Å². The molecular formula is C13H8BrFN2S. The normalized spacial score (nSPS) is 10.8. The zero-order valence-corrected chi connectivity index (χ0v) is 11.6. The molecule has 2 aromatic carbocycles. The topological polar surface area (TPSA) is 24.9 Å². The number of benzene rings is 2. The highest BCUT2D eigenvalue weighted by molar-refractivity contribution is 9.10. The maximum atomic E-state index is 13.1. The Kier molecular flexibility index (Phi) is 3.01. The Bertz CT molecular complexity index is 678. The number of hydrogen-bond acceptors (Lipinski definition) is 3. The molecule has 0 spiro atoms. The quantitative estimate of drug-likeness (QED) is 0.722. The molecule has 0 fully saturated rings. The molecule has 1 N–H and O–H groups in total. The number of hydrogen-bond donors (Lipinski definition) is 1. The lowest BCUT2D eigenvalue weighted by molar-refractivity contribution is 0.621. The standard InChI is InChI=1S/C13H8BrFN2S/c14-9-7-8(5-6-10(9)15)16-13-17-11-3-1-2-4-12(11)18-13/h1-7H,(H,16,17). The van der Waals surface area contributed by atoms with Gasteiger partial charge in [0.25, 0.3) is 0 Å². The van der Waals surface area contributed by atoms with Crippen molar-refractivity contribution in [3.63, 3.8) is 0 Å². The van der Waals surface area contributed by atoms with Crippen molar-refractivity contribution in [1.29, 1.82) is 0 Å². The van der Waals surface area contributed by atoms with E-state index in [9.17, 15) is 4.39 Å². The Morgan fingerprint density at radius 3 is 2.78 bits per heavy atom. The van der Waals surface area contributed by atoms with Gasteiger partial charge in [0, 0.05) is 5.69 Å². The number of para-hydroxylation sites is 1. The van der Waals surface area contributed by atoms with E-state index in [-0.39, 0.29) is 5.82 Å². The van der Waals surface area contributed by atoms with Crippen LogP contribution in [0.25, 0.3) is 10.2 Å². The van der Waals surface area contributed by atoms with Crippen molar-refractivity contribution in [1.82, 2.24) is 4.98 Å². The second-order valence-corrected chi connectivity index (χ2v) is 5.63. The summed E-state index contributed by atoms with van der Waals surface area (Å²) in [6.45, 7) is 0. The predicted molar refractivity (Wildman–Crippen MR) is 77.0 cm³/mol. The first-order chi connectivity index (χ1) is 8.72. The molecule has 0 aliphatic heterocycles. The van der Waals surface area contributed by atoms with Gasteiger partial charge in [-0.05, 0) is 46.3 Å². The van der Waals surface area contributed by atoms with Gasteiger partial charge in [-0.15, -0.1) is 0 Å². The number of fused-ring (bicyclic) bond motifs is 1. The molecule has 0 saturated heterocycles. The second kappa shape index (κ2) is 4.66. The summed E-state index contributed by atoms with van der Waals surface area (Å²) < 4.78 is 14.7. The number of thiazole rings is 1. The number of nitrogens with one attached hydrogen (secondary N) is 1. The molecule has 1 heterocycles. The number of rotatable bonds is 2. The van der Waals surface area contributed by atoms with Crippen LogP contribution in [0.1, 0.15) is 0 Å². The van der Waals surface area contributed by atoms with E-state index in [2.05, 4.69) is 26.2 Å². The lowest BCUT2D eigenvalue weighted by atomic mass is 10.3. The maximum Gasteiger partial charge on any atom is 0.188 e. The van der Waals surface area contributed by atoms with E-state index in [4.69, 9.17) is 0 Å². The minimum Gasteiger partial charge on any atom is -0.331 e. The van der Waals surface area contributed by atoms with E-state index in [1.54, 1.807) is 23.5 Å². The molecule has 90 valence electrons. The molecule has 0 amide bonds. The van der Waals surface area contributed by atoms with E-state index in [1.807, 2.05) is 24.3 Å². The van der Waals surface area contributed by atoms with Crippen molar-refractivity contribution in [3.05, 3.63) is 52.8 Å². The van der Waals surface area contributed by atoms with Crippen LogP contribution in [0.15, 0.2) is 46.9 Å². The van der Waals surface area contributed by atoms with Crippen LogP contribution >= 0.6 is 27.3 Å². The first-order valence-corrected chi connectivity index (χ1v) is 6.91. The molecule has 5 heteroatoms. The third kappa shape index (κ3) is 2.23.